The number of benzene rings is 1. The van der Waals surface area contributed by atoms with E-state index in [0.29, 0.717) is 23.9 Å². The predicted octanol–water partition coefficient (Wildman–Crippen LogP) is 2.68. The minimum Gasteiger partial charge on any atom is -0.478 e. The molecule has 0 saturated carbocycles. The van der Waals surface area contributed by atoms with Crippen LogP contribution in [0.2, 0.25) is 0 Å². The van der Waals surface area contributed by atoms with E-state index >= 15 is 0 Å². The minimum absolute atomic E-state index is 0.124. The molecule has 1 amide bonds. The van der Waals surface area contributed by atoms with Crippen molar-refractivity contribution in [2.24, 2.45) is 0 Å². The number of amides is 1. The highest BCUT2D eigenvalue weighted by molar-refractivity contribution is 5.91. The van der Waals surface area contributed by atoms with Crippen molar-refractivity contribution in [3.63, 3.8) is 0 Å². The third kappa shape index (κ3) is 5.08. The van der Waals surface area contributed by atoms with Gasteiger partial charge in [0.05, 0.1) is 17.0 Å². The zero-order valence-electron chi connectivity index (χ0n) is 14.3. The summed E-state index contributed by atoms with van der Waals surface area (Å²) in [6, 6.07) is 13.7. The molecule has 0 radical (unpaired) electrons. The van der Waals surface area contributed by atoms with Crippen LogP contribution in [0.4, 0.5) is 11.6 Å². The third-order valence-electron chi connectivity index (χ3n) is 3.62. The second-order valence-electron chi connectivity index (χ2n) is 5.59. The van der Waals surface area contributed by atoms with Gasteiger partial charge in [0.1, 0.15) is 0 Å². The summed E-state index contributed by atoms with van der Waals surface area (Å²) >= 11 is 0. The molecule has 27 heavy (non-hydrogen) atoms. The molecule has 3 aromatic rings. The lowest BCUT2D eigenvalue weighted by Crippen LogP contribution is -2.17. The summed E-state index contributed by atoms with van der Waals surface area (Å²) in [7, 11) is 0. The van der Waals surface area contributed by atoms with Crippen LogP contribution >= 0.6 is 0 Å². The van der Waals surface area contributed by atoms with Gasteiger partial charge < -0.3 is 15.7 Å². The van der Waals surface area contributed by atoms with Crippen molar-refractivity contribution in [2.45, 2.75) is 6.42 Å². The summed E-state index contributed by atoms with van der Waals surface area (Å²) in [4.78, 5) is 35.6. The fourth-order valence-corrected chi connectivity index (χ4v) is 2.32. The number of nitrogens with zero attached hydrogens (tertiary/aromatic N) is 3. The van der Waals surface area contributed by atoms with Crippen LogP contribution in [-0.2, 0) is 4.79 Å². The lowest BCUT2D eigenvalue weighted by molar-refractivity contribution is -0.115. The molecule has 0 bridgehead atoms. The average molecular weight is 363 g/mol. The van der Waals surface area contributed by atoms with E-state index in [1.54, 1.807) is 12.3 Å². The molecule has 0 aliphatic rings. The molecule has 0 fully saturated rings. The monoisotopic (exact) mass is 363 g/mol. The van der Waals surface area contributed by atoms with Crippen molar-refractivity contribution in [2.75, 3.05) is 17.2 Å². The standard InChI is InChI=1S/C19H17N5O3/c25-17(23-14-4-2-1-3-5-14)8-11-22-19-21-10-7-15(24-19)16-12-13(18(26)27)6-9-20-16/h1-7,9-10,12H,8,11H2,(H,23,25)(H,26,27)(H,21,22,24). The number of carboxylic acid groups (broad SMARTS) is 1. The van der Waals surface area contributed by atoms with E-state index in [9.17, 15) is 9.59 Å². The van der Waals surface area contributed by atoms with E-state index in [1.807, 2.05) is 30.3 Å². The molecule has 136 valence electrons. The molecular weight excluding hydrogens is 346 g/mol. The molecule has 2 heterocycles. The lowest BCUT2D eigenvalue weighted by atomic mass is 10.2. The fourth-order valence-electron chi connectivity index (χ4n) is 2.32. The van der Waals surface area contributed by atoms with Crippen LogP contribution in [0.1, 0.15) is 16.8 Å². The molecule has 0 spiro atoms. The zero-order valence-corrected chi connectivity index (χ0v) is 14.3. The first kappa shape index (κ1) is 18.0. The number of carbonyl (C=O) groups is 2. The Bertz CT molecular complexity index is 947. The molecule has 3 N–H and O–H groups in total. The first-order chi connectivity index (χ1) is 13.1. The third-order valence-corrected chi connectivity index (χ3v) is 3.62. The maximum Gasteiger partial charge on any atom is 0.335 e. The highest BCUT2D eigenvalue weighted by Crippen LogP contribution is 2.16. The minimum atomic E-state index is -1.03. The maximum atomic E-state index is 11.9. The van der Waals surface area contributed by atoms with Crippen LogP contribution in [0.15, 0.2) is 60.9 Å². The van der Waals surface area contributed by atoms with Gasteiger partial charge in [0, 0.05) is 31.0 Å². The Balaban J connectivity index is 1.59. The second kappa shape index (κ2) is 8.52. The molecule has 0 atom stereocenters. The van der Waals surface area contributed by atoms with E-state index in [0.717, 1.165) is 5.69 Å². The van der Waals surface area contributed by atoms with Gasteiger partial charge in [0.15, 0.2) is 0 Å². The Morgan fingerprint density at radius 1 is 0.963 bits per heavy atom. The van der Waals surface area contributed by atoms with E-state index in [-0.39, 0.29) is 17.9 Å². The number of aromatic carboxylic acids is 1. The Morgan fingerprint density at radius 3 is 2.52 bits per heavy atom. The molecule has 0 unspecified atom stereocenters. The van der Waals surface area contributed by atoms with E-state index in [2.05, 4.69) is 25.6 Å². The summed E-state index contributed by atoms with van der Waals surface area (Å²) < 4.78 is 0. The molecule has 2 aromatic heterocycles. The number of pyridine rings is 1. The van der Waals surface area contributed by atoms with Crippen molar-refractivity contribution in [1.29, 1.82) is 0 Å². The summed E-state index contributed by atoms with van der Waals surface area (Å²) in [6.45, 7) is 0.352. The number of anilines is 2. The quantitative estimate of drug-likeness (QED) is 0.591. The van der Waals surface area contributed by atoms with Gasteiger partial charge in [-0.2, -0.15) is 0 Å². The van der Waals surface area contributed by atoms with E-state index in [1.165, 1.54) is 18.3 Å². The molecule has 8 nitrogen and oxygen atoms in total. The van der Waals surface area contributed by atoms with Crippen molar-refractivity contribution < 1.29 is 14.7 Å². The fraction of sp³-hybridized carbons (Fsp3) is 0.105. The average Bonchev–Trinajstić information content (AvgIpc) is 2.69. The van der Waals surface area contributed by atoms with Gasteiger partial charge in [-0.25, -0.2) is 14.8 Å². The van der Waals surface area contributed by atoms with Crippen LogP contribution in [-0.4, -0.2) is 38.5 Å². The van der Waals surface area contributed by atoms with Crippen LogP contribution in [0, 0.1) is 0 Å². The molecule has 1 aromatic carbocycles. The number of carbonyl (C=O) groups excluding carboxylic acids is 1. The van der Waals surface area contributed by atoms with Gasteiger partial charge in [-0.15, -0.1) is 0 Å². The lowest BCUT2D eigenvalue weighted by Gasteiger charge is -2.07. The summed E-state index contributed by atoms with van der Waals surface area (Å²) in [5, 5.41) is 14.9. The Morgan fingerprint density at radius 2 is 1.74 bits per heavy atom. The number of nitrogens with one attached hydrogen (secondary N) is 2. The highest BCUT2D eigenvalue weighted by atomic mass is 16.4. The number of carboxylic acids is 1. The first-order valence-corrected chi connectivity index (χ1v) is 8.23. The largest absolute Gasteiger partial charge is 0.478 e. The second-order valence-corrected chi connectivity index (χ2v) is 5.59. The van der Waals surface area contributed by atoms with Crippen LogP contribution in [0.5, 0.6) is 0 Å². The van der Waals surface area contributed by atoms with Crippen molar-refractivity contribution in [1.82, 2.24) is 15.0 Å². The Labute approximate surface area is 155 Å². The predicted molar refractivity (Wildman–Crippen MR) is 100 cm³/mol. The number of hydrogen-bond donors (Lipinski definition) is 3. The van der Waals surface area contributed by atoms with Crippen LogP contribution in [0.3, 0.4) is 0 Å². The Hall–Kier alpha value is -3.81. The van der Waals surface area contributed by atoms with E-state index in [4.69, 9.17) is 5.11 Å². The molecular formula is C19H17N5O3. The normalized spacial score (nSPS) is 10.2. The zero-order chi connectivity index (χ0) is 19.1. The highest BCUT2D eigenvalue weighted by Gasteiger charge is 2.08. The summed E-state index contributed by atoms with van der Waals surface area (Å²) in [5.41, 5.74) is 1.79. The van der Waals surface area contributed by atoms with Crippen LogP contribution in [0.25, 0.3) is 11.4 Å². The van der Waals surface area contributed by atoms with Gasteiger partial charge in [0.25, 0.3) is 0 Å². The smallest absolute Gasteiger partial charge is 0.335 e. The maximum absolute atomic E-state index is 11.9. The molecule has 8 heteroatoms. The number of hydrogen-bond acceptors (Lipinski definition) is 6. The molecule has 0 aliphatic heterocycles. The van der Waals surface area contributed by atoms with Gasteiger partial charge in [0.2, 0.25) is 11.9 Å². The topological polar surface area (TPSA) is 117 Å². The van der Waals surface area contributed by atoms with Gasteiger partial charge in [-0.05, 0) is 30.3 Å². The number of aromatic nitrogens is 3. The first-order valence-electron chi connectivity index (χ1n) is 8.23. The molecule has 3 rings (SSSR count). The molecule has 0 saturated heterocycles. The summed E-state index contributed by atoms with van der Waals surface area (Å²) in [5.74, 6) is -0.821. The Kier molecular flexibility index (Phi) is 5.68. The van der Waals surface area contributed by atoms with E-state index < -0.39 is 5.97 Å². The van der Waals surface area contributed by atoms with Crippen molar-refractivity contribution >= 4 is 23.5 Å². The van der Waals surface area contributed by atoms with Gasteiger partial charge >= 0.3 is 5.97 Å². The SMILES string of the molecule is O=C(CCNc1nccc(-c2cc(C(=O)O)ccn2)n1)Nc1ccccc1. The molecule has 0 aliphatic carbocycles. The van der Waals surface area contributed by atoms with Crippen LogP contribution < -0.4 is 10.6 Å². The van der Waals surface area contributed by atoms with Crippen molar-refractivity contribution in [3.8, 4) is 11.4 Å². The van der Waals surface area contributed by atoms with Gasteiger partial charge in [-0.3, -0.25) is 9.78 Å². The number of rotatable bonds is 7. The number of para-hydroxylation sites is 1. The van der Waals surface area contributed by atoms with Gasteiger partial charge in [-0.1, -0.05) is 18.2 Å². The summed E-state index contributed by atoms with van der Waals surface area (Å²) in [6.07, 6.45) is 3.21. The van der Waals surface area contributed by atoms with Crippen molar-refractivity contribution in [3.05, 3.63) is 66.5 Å².